The van der Waals surface area contributed by atoms with Gasteiger partial charge in [0, 0.05) is 31.7 Å². The molecule has 1 fully saturated rings. The summed E-state index contributed by atoms with van der Waals surface area (Å²) in [4.78, 5) is 2.12. The smallest absolute Gasteiger partial charge is 0.143 e. The lowest BCUT2D eigenvalue weighted by atomic mass is 10.1. The summed E-state index contributed by atoms with van der Waals surface area (Å²) in [5.41, 5.74) is 7.15. The first-order valence-corrected chi connectivity index (χ1v) is 5.88. The quantitative estimate of drug-likeness (QED) is 0.585. The van der Waals surface area contributed by atoms with Gasteiger partial charge in [0.05, 0.1) is 18.3 Å². The molecular weight excluding hydrogens is 218 g/mol. The monoisotopic (exact) mass is 237 g/mol. The molecule has 0 radical (unpaired) electrons. The number of aromatic hydroxyl groups is 1. The van der Waals surface area contributed by atoms with Crippen LogP contribution < -0.4 is 16.0 Å². The number of piperazine rings is 1. The van der Waals surface area contributed by atoms with Crippen molar-refractivity contribution in [1.82, 2.24) is 5.32 Å². The van der Waals surface area contributed by atoms with Crippen molar-refractivity contribution in [2.24, 2.45) is 5.73 Å². The van der Waals surface area contributed by atoms with Gasteiger partial charge in [0.2, 0.25) is 0 Å². The number of phenolic OH excluding ortho intramolecular Hbond substituents is 1. The van der Waals surface area contributed by atoms with Gasteiger partial charge in [0.25, 0.3) is 0 Å². The lowest BCUT2D eigenvalue weighted by molar-refractivity contribution is 0.265. The van der Waals surface area contributed by atoms with E-state index < -0.39 is 6.04 Å². The van der Waals surface area contributed by atoms with Gasteiger partial charge in [-0.25, -0.2) is 0 Å². The Balaban J connectivity index is 2.27. The summed E-state index contributed by atoms with van der Waals surface area (Å²) in [6, 6.07) is 4.97. The van der Waals surface area contributed by atoms with Crippen molar-refractivity contribution in [2.75, 3.05) is 37.7 Å². The highest BCUT2D eigenvalue weighted by Crippen LogP contribution is 2.33. The van der Waals surface area contributed by atoms with E-state index in [4.69, 9.17) is 10.8 Å². The molecular formula is C12H19N3O2. The number of rotatable bonds is 3. The summed E-state index contributed by atoms with van der Waals surface area (Å²) in [5, 5.41) is 22.5. The number of phenols is 1. The van der Waals surface area contributed by atoms with Crippen LogP contribution in [0.5, 0.6) is 5.75 Å². The predicted molar refractivity (Wildman–Crippen MR) is 67.2 cm³/mol. The Kier molecular flexibility index (Phi) is 3.83. The van der Waals surface area contributed by atoms with E-state index in [9.17, 15) is 5.11 Å². The van der Waals surface area contributed by atoms with E-state index in [0.717, 1.165) is 31.9 Å². The molecule has 1 atom stereocenters. The molecule has 5 N–H and O–H groups in total. The van der Waals surface area contributed by atoms with E-state index in [0.29, 0.717) is 5.56 Å². The first-order valence-electron chi connectivity index (χ1n) is 5.88. The first kappa shape index (κ1) is 12.2. The molecule has 5 heteroatoms. The fourth-order valence-electron chi connectivity index (χ4n) is 2.11. The Morgan fingerprint density at radius 2 is 2.06 bits per heavy atom. The lowest BCUT2D eigenvalue weighted by Crippen LogP contribution is -2.43. The van der Waals surface area contributed by atoms with Crippen molar-refractivity contribution in [3.63, 3.8) is 0 Å². The van der Waals surface area contributed by atoms with Gasteiger partial charge in [-0.05, 0) is 6.07 Å². The SMILES string of the molecule is N[C@H](CO)c1cccc(N2CCNCC2)c1O. The Morgan fingerprint density at radius 3 is 2.71 bits per heavy atom. The molecule has 1 heterocycles. The van der Waals surface area contributed by atoms with Crippen LogP contribution in [0.3, 0.4) is 0 Å². The molecule has 1 saturated heterocycles. The number of nitrogens with zero attached hydrogens (tertiary/aromatic N) is 1. The second kappa shape index (κ2) is 5.35. The molecule has 0 bridgehead atoms. The van der Waals surface area contributed by atoms with Crippen LogP contribution in [0.2, 0.25) is 0 Å². The Bertz CT molecular complexity index is 378. The van der Waals surface area contributed by atoms with E-state index in [-0.39, 0.29) is 12.4 Å². The zero-order valence-electron chi connectivity index (χ0n) is 9.76. The van der Waals surface area contributed by atoms with Gasteiger partial charge in [-0.2, -0.15) is 0 Å². The summed E-state index contributed by atoms with van der Waals surface area (Å²) in [7, 11) is 0. The third-order valence-electron chi connectivity index (χ3n) is 3.10. The predicted octanol–water partition coefficient (Wildman–Crippen LogP) is -0.206. The zero-order chi connectivity index (χ0) is 12.3. The third-order valence-corrected chi connectivity index (χ3v) is 3.10. The van der Waals surface area contributed by atoms with Crippen LogP contribution in [0, 0.1) is 0 Å². The van der Waals surface area contributed by atoms with Crippen LogP contribution in [0.25, 0.3) is 0 Å². The van der Waals surface area contributed by atoms with E-state index in [2.05, 4.69) is 10.2 Å². The zero-order valence-corrected chi connectivity index (χ0v) is 9.76. The molecule has 0 spiro atoms. The minimum atomic E-state index is -0.530. The summed E-state index contributed by atoms with van der Waals surface area (Å²) >= 11 is 0. The maximum absolute atomic E-state index is 10.2. The highest BCUT2D eigenvalue weighted by atomic mass is 16.3. The summed E-state index contributed by atoms with van der Waals surface area (Å²) in [6.45, 7) is 3.39. The van der Waals surface area contributed by atoms with Gasteiger partial charge < -0.3 is 26.2 Å². The second-order valence-electron chi connectivity index (χ2n) is 4.24. The molecule has 1 aliphatic heterocycles. The maximum Gasteiger partial charge on any atom is 0.143 e. The van der Waals surface area contributed by atoms with Crippen LogP contribution in [-0.4, -0.2) is 43.0 Å². The number of aliphatic hydroxyl groups excluding tert-OH is 1. The van der Waals surface area contributed by atoms with Crippen molar-refractivity contribution in [1.29, 1.82) is 0 Å². The van der Waals surface area contributed by atoms with Crippen LogP contribution >= 0.6 is 0 Å². The Labute approximate surface area is 101 Å². The third kappa shape index (κ3) is 2.52. The van der Waals surface area contributed by atoms with E-state index in [1.165, 1.54) is 0 Å². The van der Waals surface area contributed by atoms with Crippen LogP contribution in [0.1, 0.15) is 11.6 Å². The van der Waals surface area contributed by atoms with Gasteiger partial charge in [0.1, 0.15) is 5.75 Å². The molecule has 0 aliphatic carbocycles. The number of nitrogens with two attached hydrogens (primary N) is 1. The number of anilines is 1. The fourth-order valence-corrected chi connectivity index (χ4v) is 2.11. The van der Waals surface area contributed by atoms with Crippen LogP contribution in [0.4, 0.5) is 5.69 Å². The molecule has 0 unspecified atom stereocenters. The van der Waals surface area contributed by atoms with Gasteiger partial charge in [-0.1, -0.05) is 12.1 Å². The molecule has 2 rings (SSSR count). The number of para-hydroxylation sites is 1. The normalized spacial score (nSPS) is 18.1. The standard InChI is InChI=1S/C12H19N3O2/c13-10(8-16)9-2-1-3-11(12(9)17)15-6-4-14-5-7-15/h1-3,10,14,16-17H,4-8,13H2/t10-/m1/s1. The second-order valence-corrected chi connectivity index (χ2v) is 4.24. The fraction of sp³-hybridized carbons (Fsp3) is 0.500. The van der Waals surface area contributed by atoms with Crippen LogP contribution in [0.15, 0.2) is 18.2 Å². The summed E-state index contributed by atoms with van der Waals surface area (Å²) in [6.07, 6.45) is 0. The van der Waals surface area contributed by atoms with Crippen molar-refractivity contribution in [3.8, 4) is 5.75 Å². The molecule has 94 valence electrons. The number of aliphatic hydroxyl groups is 1. The summed E-state index contributed by atoms with van der Waals surface area (Å²) < 4.78 is 0. The highest BCUT2D eigenvalue weighted by Gasteiger charge is 2.18. The number of nitrogens with one attached hydrogen (secondary N) is 1. The molecule has 1 aliphatic rings. The largest absolute Gasteiger partial charge is 0.505 e. The topological polar surface area (TPSA) is 81.8 Å². The lowest BCUT2D eigenvalue weighted by Gasteiger charge is -2.30. The van der Waals surface area contributed by atoms with Gasteiger partial charge >= 0.3 is 0 Å². The van der Waals surface area contributed by atoms with Gasteiger partial charge in [0.15, 0.2) is 0 Å². The average molecular weight is 237 g/mol. The molecule has 1 aromatic carbocycles. The number of hydrogen-bond acceptors (Lipinski definition) is 5. The van der Waals surface area contributed by atoms with Crippen molar-refractivity contribution >= 4 is 5.69 Å². The molecule has 0 saturated carbocycles. The number of hydrogen-bond donors (Lipinski definition) is 4. The minimum Gasteiger partial charge on any atom is -0.505 e. The Morgan fingerprint density at radius 1 is 1.35 bits per heavy atom. The van der Waals surface area contributed by atoms with Gasteiger partial charge in [-0.15, -0.1) is 0 Å². The van der Waals surface area contributed by atoms with Crippen LogP contribution in [-0.2, 0) is 0 Å². The first-order chi connectivity index (χ1) is 8.24. The minimum absolute atomic E-state index is 0.168. The highest BCUT2D eigenvalue weighted by molar-refractivity contribution is 5.62. The molecule has 5 nitrogen and oxygen atoms in total. The number of benzene rings is 1. The van der Waals surface area contributed by atoms with Crippen molar-refractivity contribution in [2.45, 2.75) is 6.04 Å². The Hall–Kier alpha value is -1.30. The van der Waals surface area contributed by atoms with E-state index in [1.54, 1.807) is 6.07 Å². The van der Waals surface area contributed by atoms with Crippen molar-refractivity contribution < 1.29 is 10.2 Å². The van der Waals surface area contributed by atoms with Crippen molar-refractivity contribution in [3.05, 3.63) is 23.8 Å². The van der Waals surface area contributed by atoms with Gasteiger partial charge in [-0.3, -0.25) is 0 Å². The average Bonchev–Trinajstić information content (AvgIpc) is 2.39. The summed E-state index contributed by atoms with van der Waals surface area (Å²) in [5.74, 6) is 0.191. The molecule has 1 aromatic rings. The van der Waals surface area contributed by atoms with E-state index in [1.807, 2.05) is 12.1 Å². The molecule has 0 amide bonds. The van der Waals surface area contributed by atoms with E-state index >= 15 is 0 Å². The molecule has 0 aromatic heterocycles. The maximum atomic E-state index is 10.2. The molecule has 17 heavy (non-hydrogen) atoms.